The van der Waals surface area contributed by atoms with Gasteiger partial charge in [-0.2, -0.15) is 0 Å². The molecule has 2 aromatic carbocycles. The van der Waals surface area contributed by atoms with Gasteiger partial charge in [0.15, 0.2) is 0 Å². The molecule has 1 fully saturated rings. The average Bonchev–Trinajstić information content (AvgIpc) is 3.65. The van der Waals surface area contributed by atoms with Crippen LogP contribution in [-0.2, 0) is 4.79 Å². The standard InChI is InChI=1S/C28H28N4O2/c1-4-12-29-16-19(2)18-32(3)28(34)21-7-5-20(6-8-21)25-15-26(25)27(33)31-24-10-9-23-17-30-13-11-22(23)14-24/h4-14,16-17,25-26H,1,15,18H2,2-3H3,(H,31,33)/b19-16+,29-12-/t25-,26+/m0/s1. The lowest BCUT2D eigenvalue weighted by Gasteiger charge is -2.17. The van der Waals surface area contributed by atoms with Crippen LogP contribution in [0, 0.1) is 5.92 Å². The number of likely N-dealkylation sites (N-methyl/N-ethyl adjacent to an activating group) is 1. The van der Waals surface area contributed by atoms with E-state index in [1.54, 1.807) is 42.8 Å². The first kappa shape index (κ1) is 23.1. The summed E-state index contributed by atoms with van der Waals surface area (Å²) >= 11 is 0. The fourth-order valence-corrected chi connectivity index (χ4v) is 4.06. The van der Waals surface area contributed by atoms with Gasteiger partial charge in [-0.25, -0.2) is 0 Å². The van der Waals surface area contributed by atoms with Crippen LogP contribution in [0.5, 0.6) is 0 Å². The van der Waals surface area contributed by atoms with Crippen LogP contribution in [0.2, 0.25) is 0 Å². The molecule has 2 atom stereocenters. The highest BCUT2D eigenvalue weighted by Gasteiger charge is 2.43. The van der Waals surface area contributed by atoms with E-state index in [9.17, 15) is 9.59 Å². The summed E-state index contributed by atoms with van der Waals surface area (Å²) in [4.78, 5) is 35.4. The summed E-state index contributed by atoms with van der Waals surface area (Å²) in [5.74, 6) is 0.101. The summed E-state index contributed by atoms with van der Waals surface area (Å²) in [6, 6.07) is 15.4. The molecule has 1 aromatic heterocycles. The van der Waals surface area contributed by atoms with Crippen molar-refractivity contribution in [2.45, 2.75) is 19.3 Å². The summed E-state index contributed by atoms with van der Waals surface area (Å²) in [5.41, 5.74) is 3.47. The molecule has 4 rings (SSSR count). The summed E-state index contributed by atoms with van der Waals surface area (Å²) < 4.78 is 0. The molecule has 0 radical (unpaired) electrons. The van der Waals surface area contributed by atoms with Crippen LogP contribution < -0.4 is 5.32 Å². The molecule has 6 nitrogen and oxygen atoms in total. The van der Waals surface area contributed by atoms with E-state index in [0.717, 1.165) is 34.0 Å². The topological polar surface area (TPSA) is 74.7 Å². The fourth-order valence-electron chi connectivity index (χ4n) is 4.06. The van der Waals surface area contributed by atoms with Gasteiger partial charge in [-0.3, -0.25) is 19.6 Å². The molecule has 0 aliphatic heterocycles. The Bertz CT molecular complexity index is 1280. The third kappa shape index (κ3) is 5.46. The number of fused-ring (bicyclic) bond motifs is 1. The van der Waals surface area contributed by atoms with E-state index in [-0.39, 0.29) is 23.7 Å². The van der Waals surface area contributed by atoms with E-state index in [4.69, 9.17) is 0 Å². The van der Waals surface area contributed by atoms with E-state index >= 15 is 0 Å². The predicted molar refractivity (Wildman–Crippen MR) is 137 cm³/mol. The van der Waals surface area contributed by atoms with Crippen LogP contribution in [0.25, 0.3) is 10.8 Å². The van der Waals surface area contributed by atoms with Crippen LogP contribution in [0.15, 0.2) is 90.3 Å². The predicted octanol–water partition coefficient (Wildman–Crippen LogP) is 5.21. The number of amides is 2. The molecule has 0 spiro atoms. The number of aromatic nitrogens is 1. The lowest BCUT2D eigenvalue weighted by Crippen LogP contribution is -2.28. The van der Waals surface area contributed by atoms with Crippen molar-refractivity contribution in [1.82, 2.24) is 9.88 Å². The van der Waals surface area contributed by atoms with Crippen LogP contribution in [0.4, 0.5) is 5.69 Å². The minimum atomic E-state index is -0.0544. The molecule has 1 saturated carbocycles. The number of aliphatic imine (C=N–C) groups is 1. The Morgan fingerprint density at radius 3 is 2.74 bits per heavy atom. The van der Waals surface area contributed by atoms with Crippen LogP contribution >= 0.6 is 0 Å². The van der Waals surface area contributed by atoms with Crippen molar-refractivity contribution in [2.24, 2.45) is 10.9 Å². The maximum atomic E-state index is 12.8. The molecule has 2 amide bonds. The minimum absolute atomic E-state index is 0.0275. The number of carbonyl (C=O) groups is 2. The van der Waals surface area contributed by atoms with Gasteiger partial charge in [0.2, 0.25) is 5.91 Å². The Morgan fingerprint density at radius 1 is 1.18 bits per heavy atom. The van der Waals surface area contributed by atoms with Gasteiger partial charge in [0.25, 0.3) is 5.91 Å². The second kappa shape index (κ2) is 10.3. The van der Waals surface area contributed by atoms with Crippen molar-refractivity contribution in [3.05, 3.63) is 96.5 Å². The van der Waals surface area contributed by atoms with Crippen molar-refractivity contribution in [3.8, 4) is 0 Å². The monoisotopic (exact) mass is 452 g/mol. The van der Waals surface area contributed by atoms with Crippen molar-refractivity contribution in [3.63, 3.8) is 0 Å². The first-order valence-corrected chi connectivity index (χ1v) is 11.3. The number of hydrogen-bond donors (Lipinski definition) is 1. The van der Waals surface area contributed by atoms with E-state index in [1.165, 1.54) is 0 Å². The van der Waals surface area contributed by atoms with Crippen LogP contribution in [0.1, 0.15) is 35.2 Å². The Morgan fingerprint density at radius 2 is 1.97 bits per heavy atom. The first-order chi connectivity index (χ1) is 16.5. The number of pyridine rings is 1. The van der Waals surface area contributed by atoms with Gasteiger partial charge in [0.1, 0.15) is 0 Å². The highest BCUT2D eigenvalue weighted by molar-refractivity contribution is 5.97. The van der Waals surface area contributed by atoms with Crippen molar-refractivity contribution in [2.75, 3.05) is 18.9 Å². The van der Waals surface area contributed by atoms with Gasteiger partial charge in [-0.05, 0) is 66.1 Å². The van der Waals surface area contributed by atoms with Crippen molar-refractivity contribution >= 4 is 34.5 Å². The highest BCUT2D eigenvalue weighted by atomic mass is 16.2. The normalized spacial score (nSPS) is 17.5. The zero-order chi connectivity index (χ0) is 24.1. The van der Waals surface area contributed by atoms with Crippen molar-refractivity contribution in [1.29, 1.82) is 0 Å². The fraction of sp³-hybridized carbons (Fsp3) is 0.214. The van der Waals surface area contributed by atoms with Gasteiger partial charge in [-0.15, -0.1) is 0 Å². The van der Waals surface area contributed by atoms with E-state index in [0.29, 0.717) is 12.1 Å². The van der Waals surface area contributed by atoms with E-state index in [1.807, 2.05) is 55.5 Å². The zero-order valence-electron chi connectivity index (χ0n) is 19.4. The second-order valence-corrected chi connectivity index (χ2v) is 8.67. The van der Waals surface area contributed by atoms with Gasteiger partial charge in [0.05, 0.1) is 0 Å². The summed E-state index contributed by atoms with van der Waals surface area (Å²) in [6.07, 6.45) is 9.30. The molecule has 1 heterocycles. The van der Waals surface area contributed by atoms with Gasteiger partial charge < -0.3 is 10.2 Å². The maximum Gasteiger partial charge on any atom is 0.253 e. The smallest absolute Gasteiger partial charge is 0.253 e. The van der Waals surface area contributed by atoms with Gasteiger partial charge >= 0.3 is 0 Å². The van der Waals surface area contributed by atoms with Gasteiger partial charge in [-0.1, -0.05) is 30.9 Å². The van der Waals surface area contributed by atoms with E-state index < -0.39 is 0 Å². The summed E-state index contributed by atoms with van der Waals surface area (Å²) in [6.45, 7) is 6.01. The van der Waals surface area contributed by atoms with E-state index in [2.05, 4.69) is 21.9 Å². The lowest BCUT2D eigenvalue weighted by atomic mass is 10.1. The largest absolute Gasteiger partial charge is 0.338 e. The number of carbonyl (C=O) groups excluding carboxylic acids is 2. The molecule has 0 bridgehead atoms. The Kier molecular flexibility index (Phi) is 6.97. The lowest BCUT2D eigenvalue weighted by molar-refractivity contribution is -0.117. The Hall–Kier alpha value is -4.06. The first-order valence-electron chi connectivity index (χ1n) is 11.3. The molecule has 0 unspecified atom stereocenters. The molecule has 172 valence electrons. The van der Waals surface area contributed by atoms with Crippen molar-refractivity contribution < 1.29 is 9.59 Å². The Balaban J connectivity index is 1.33. The number of allylic oxidation sites excluding steroid dienone is 1. The number of rotatable bonds is 8. The molecule has 3 aromatic rings. The summed E-state index contributed by atoms with van der Waals surface area (Å²) in [5, 5.41) is 5.12. The summed E-state index contributed by atoms with van der Waals surface area (Å²) in [7, 11) is 1.77. The minimum Gasteiger partial charge on any atom is -0.338 e. The van der Waals surface area contributed by atoms with Gasteiger partial charge in [0, 0.05) is 61.0 Å². The molecule has 34 heavy (non-hydrogen) atoms. The molecule has 0 saturated heterocycles. The molecule has 1 aliphatic carbocycles. The zero-order valence-corrected chi connectivity index (χ0v) is 19.4. The number of benzene rings is 2. The second-order valence-electron chi connectivity index (χ2n) is 8.67. The van der Waals surface area contributed by atoms with Crippen LogP contribution in [-0.4, -0.2) is 41.5 Å². The molecule has 1 aliphatic rings. The molecule has 1 N–H and O–H groups in total. The molecular formula is C28H28N4O2. The third-order valence-electron chi connectivity index (χ3n) is 5.94. The Labute approximate surface area is 199 Å². The third-order valence-corrected chi connectivity index (χ3v) is 5.94. The highest BCUT2D eigenvalue weighted by Crippen LogP contribution is 2.48. The number of nitrogens with zero attached hydrogens (tertiary/aromatic N) is 3. The van der Waals surface area contributed by atoms with Crippen LogP contribution in [0.3, 0.4) is 0 Å². The molecular weight excluding hydrogens is 424 g/mol. The number of hydrogen-bond acceptors (Lipinski definition) is 4. The quantitative estimate of drug-likeness (QED) is 0.477. The SMILES string of the molecule is C=C/C=N\C=C(/C)CN(C)C(=O)c1ccc([C@@H]2C[C@H]2C(=O)Nc2ccc3cnccc3c2)cc1. The number of nitrogens with one attached hydrogen (secondary N) is 1. The average molecular weight is 453 g/mol. The maximum absolute atomic E-state index is 12.8. The molecule has 6 heteroatoms. The number of anilines is 1.